The second kappa shape index (κ2) is 9.41. The molecule has 0 radical (unpaired) electrons. The Kier molecular flexibility index (Phi) is 6.88. The Morgan fingerprint density at radius 3 is 2.65 bits per heavy atom. The lowest BCUT2D eigenvalue weighted by Gasteiger charge is -2.20. The van der Waals surface area contributed by atoms with Gasteiger partial charge in [-0.2, -0.15) is 4.31 Å². The zero-order chi connectivity index (χ0) is 22.6. The molecule has 0 fully saturated rings. The molecular weight excluding hydrogens is 428 g/mol. The summed E-state index contributed by atoms with van der Waals surface area (Å²) in [6, 6.07) is 8.19. The van der Waals surface area contributed by atoms with Crippen LogP contribution in [0.25, 0.3) is 0 Å². The van der Waals surface area contributed by atoms with Gasteiger partial charge in [-0.1, -0.05) is 19.9 Å². The second-order valence-corrected chi connectivity index (χ2v) is 8.59. The van der Waals surface area contributed by atoms with E-state index < -0.39 is 20.9 Å². The van der Waals surface area contributed by atoms with Gasteiger partial charge in [-0.3, -0.25) is 10.1 Å². The lowest BCUT2D eigenvalue weighted by molar-refractivity contribution is -0.385. The molecule has 0 amide bonds. The summed E-state index contributed by atoms with van der Waals surface area (Å²) in [5, 5.41) is 11.2. The van der Waals surface area contributed by atoms with Crippen molar-refractivity contribution in [2.24, 2.45) is 0 Å². The van der Waals surface area contributed by atoms with Gasteiger partial charge < -0.3 is 14.2 Å². The highest BCUT2D eigenvalue weighted by molar-refractivity contribution is 7.89. The van der Waals surface area contributed by atoms with Gasteiger partial charge in [0.1, 0.15) is 12.4 Å². The molecule has 2 aromatic carbocycles. The van der Waals surface area contributed by atoms with Gasteiger partial charge in [-0.05, 0) is 18.2 Å². The van der Waals surface area contributed by atoms with Gasteiger partial charge >= 0.3 is 5.97 Å². The second-order valence-electron chi connectivity index (χ2n) is 6.65. The fourth-order valence-electron chi connectivity index (χ4n) is 3.22. The number of fused-ring (bicyclic) bond motifs is 1. The Morgan fingerprint density at radius 2 is 1.97 bits per heavy atom. The highest BCUT2D eigenvalue weighted by Gasteiger charge is 2.24. The van der Waals surface area contributed by atoms with Gasteiger partial charge in [0.25, 0.3) is 5.69 Å². The van der Waals surface area contributed by atoms with Crippen molar-refractivity contribution in [2.75, 3.05) is 19.9 Å². The summed E-state index contributed by atoms with van der Waals surface area (Å²) in [6.07, 6.45) is 0. The number of rotatable bonds is 8. The van der Waals surface area contributed by atoms with Crippen LogP contribution in [0.4, 0.5) is 5.69 Å². The van der Waals surface area contributed by atoms with E-state index in [0.717, 1.165) is 0 Å². The SMILES string of the molecule is CCN(CC)S(=O)(=O)c1cccc(C(=O)OCc2cc([N+](=O)[O-])cc3c2OCOC3)c1. The van der Waals surface area contributed by atoms with Gasteiger partial charge in [0.15, 0.2) is 6.79 Å². The van der Waals surface area contributed by atoms with Gasteiger partial charge in [0.2, 0.25) is 10.0 Å². The summed E-state index contributed by atoms with van der Waals surface area (Å²) < 4.78 is 42.5. The minimum atomic E-state index is -3.73. The van der Waals surface area contributed by atoms with Crippen molar-refractivity contribution in [1.29, 1.82) is 0 Å². The van der Waals surface area contributed by atoms with Crippen molar-refractivity contribution in [3.63, 3.8) is 0 Å². The fraction of sp³-hybridized carbons (Fsp3) is 0.350. The minimum absolute atomic E-state index is 0.0149. The molecule has 31 heavy (non-hydrogen) atoms. The van der Waals surface area contributed by atoms with Crippen LogP contribution in [0.2, 0.25) is 0 Å². The van der Waals surface area contributed by atoms with E-state index in [-0.39, 0.29) is 36.2 Å². The molecule has 0 saturated carbocycles. The quantitative estimate of drug-likeness (QED) is 0.341. The maximum atomic E-state index is 12.7. The van der Waals surface area contributed by atoms with Crippen LogP contribution in [0, 0.1) is 10.1 Å². The summed E-state index contributed by atoms with van der Waals surface area (Å²) in [4.78, 5) is 23.2. The number of nitrogens with zero attached hydrogens (tertiary/aromatic N) is 2. The summed E-state index contributed by atoms with van der Waals surface area (Å²) in [6.45, 7) is 3.90. The number of sulfonamides is 1. The predicted molar refractivity (Wildman–Crippen MR) is 109 cm³/mol. The lowest BCUT2D eigenvalue weighted by atomic mass is 10.1. The van der Waals surface area contributed by atoms with E-state index in [4.69, 9.17) is 14.2 Å². The Hall–Kier alpha value is -3.02. The first-order valence-electron chi connectivity index (χ1n) is 9.56. The highest BCUT2D eigenvalue weighted by atomic mass is 32.2. The van der Waals surface area contributed by atoms with Crippen molar-refractivity contribution in [1.82, 2.24) is 4.31 Å². The number of ether oxygens (including phenoxy) is 3. The zero-order valence-corrected chi connectivity index (χ0v) is 17.9. The van der Waals surface area contributed by atoms with E-state index in [2.05, 4.69) is 0 Å². The molecule has 11 heteroatoms. The maximum Gasteiger partial charge on any atom is 0.338 e. The normalized spacial score (nSPS) is 13.4. The zero-order valence-electron chi connectivity index (χ0n) is 17.1. The summed E-state index contributed by atoms with van der Waals surface area (Å²) in [7, 11) is -3.73. The van der Waals surface area contributed by atoms with Crippen molar-refractivity contribution < 1.29 is 32.3 Å². The molecule has 0 spiro atoms. The van der Waals surface area contributed by atoms with E-state index >= 15 is 0 Å². The molecule has 166 valence electrons. The van der Waals surface area contributed by atoms with Crippen LogP contribution in [-0.2, 0) is 32.7 Å². The molecule has 0 saturated heterocycles. The predicted octanol–water partition coefficient (Wildman–Crippen LogP) is 2.85. The maximum absolute atomic E-state index is 12.7. The molecule has 0 atom stereocenters. The van der Waals surface area contributed by atoms with Crippen LogP contribution in [0.3, 0.4) is 0 Å². The Labute approximate surface area is 179 Å². The Balaban J connectivity index is 1.82. The molecule has 1 heterocycles. The molecule has 0 bridgehead atoms. The molecule has 0 N–H and O–H groups in total. The van der Waals surface area contributed by atoms with E-state index in [1.165, 1.54) is 40.7 Å². The number of esters is 1. The highest BCUT2D eigenvalue weighted by Crippen LogP contribution is 2.33. The first kappa shape index (κ1) is 22.7. The number of nitro groups is 1. The number of non-ortho nitro benzene ring substituents is 1. The number of carbonyl (C=O) groups excluding carboxylic acids is 1. The van der Waals surface area contributed by atoms with Gasteiger partial charge in [-0.15, -0.1) is 0 Å². The van der Waals surface area contributed by atoms with Crippen molar-refractivity contribution in [2.45, 2.75) is 32.0 Å². The number of nitro benzene ring substituents is 1. The van der Waals surface area contributed by atoms with Crippen molar-refractivity contribution in [3.8, 4) is 5.75 Å². The average Bonchev–Trinajstić information content (AvgIpc) is 2.77. The minimum Gasteiger partial charge on any atom is -0.467 e. The van der Waals surface area contributed by atoms with Crippen LogP contribution in [-0.4, -0.2) is 43.5 Å². The fourth-order valence-corrected chi connectivity index (χ4v) is 4.72. The number of hydrogen-bond donors (Lipinski definition) is 0. The smallest absolute Gasteiger partial charge is 0.338 e. The number of hydrogen-bond acceptors (Lipinski definition) is 8. The molecule has 1 aliphatic heterocycles. The molecule has 10 nitrogen and oxygen atoms in total. The largest absolute Gasteiger partial charge is 0.467 e. The molecular formula is C20H22N2O8S. The average molecular weight is 450 g/mol. The Morgan fingerprint density at radius 1 is 1.23 bits per heavy atom. The third kappa shape index (κ3) is 4.84. The van der Waals surface area contributed by atoms with Crippen LogP contribution >= 0.6 is 0 Å². The number of benzene rings is 2. The summed E-state index contributed by atoms with van der Waals surface area (Å²) in [5.74, 6) is -0.383. The van der Waals surface area contributed by atoms with Gasteiger partial charge in [0, 0.05) is 36.3 Å². The van der Waals surface area contributed by atoms with E-state index in [9.17, 15) is 23.3 Å². The van der Waals surface area contributed by atoms with Gasteiger partial charge in [0.05, 0.1) is 22.0 Å². The van der Waals surface area contributed by atoms with Crippen molar-refractivity contribution in [3.05, 3.63) is 63.2 Å². The monoisotopic (exact) mass is 450 g/mol. The van der Waals surface area contributed by atoms with Crippen molar-refractivity contribution >= 4 is 21.7 Å². The van der Waals surface area contributed by atoms with E-state index in [0.29, 0.717) is 30.0 Å². The third-order valence-corrected chi connectivity index (χ3v) is 6.80. The first-order valence-corrected chi connectivity index (χ1v) is 11.0. The first-order chi connectivity index (χ1) is 14.8. The van der Waals surface area contributed by atoms with Gasteiger partial charge in [-0.25, -0.2) is 13.2 Å². The van der Waals surface area contributed by atoms with E-state index in [1.54, 1.807) is 13.8 Å². The standard InChI is InChI=1S/C20H22N2O8S/c1-3-21(4-2)31(26,27)18-7-5-6-14(10-18)20(23)29-12-16-9-17(22(24)25)8-15-11-28-13-30-19(15)16/h5-10H,3-4,11-13H2,1-2H3. The van der Waals surface area contributed by atoms with E-state index in [1.807, 2.05) is 0 Å². The molecule has 0 unspecified atom stereocenters. The molecule has 2 aromatic rings. The topological polar surface area (TPSA) is 125 Å². The van der Waals surface area contributed by atoms with Crippen LogP contribution in [0.1, 0.15) is 35.3 Å². The number of carbonyl (C=O) groups is 1. The van der Waals surface area contributed by atoms with Crippen LogP contribution < -0.4 is 4.74 Å². The van der Waals surface area contributed by atoms with Crippen LogP contribution in [0.5, 0.6) is 5.75 Å². The summed E-state index contributed by atoms with van der Waals surface area (Å²) in [5.41, 5.74) is 0.689. The molecule has 0 aromatic heterocycles. The molecule has 3 rings (SSSR count). The molecule has 1 aliphatic rings. The lowest BCUT2D eigenvalue weighted by Crippen LogP contribution is -2.30. The molecule has 0 aliphatic carbocycles. The van der Waals surface area contributed by atoms with Crippen LogP contribution in [0.15, 0.2) is 41.3 Å². The Bertz CT molecular complexity index is 1100. The summed E-state index contributed by atoms with van der Waals surface area (Å²) >= 11 is 0. The third-order valence-electron chi connectivity index (χ3n) is 4.75.